The molecule has 7 heavy (non-hydrogen) atoms. The summed E-state index contributed by atoms with van der Waals surface area (Å²) in [6.07, 6.45) is 1.55. The topological polar surface area (TPSA) is 48.9 Å². The fraction of sp³-hybridized carbons (Fsp3) is 0.250. The van der Waals surface area contributed by atoms with Gasteiger partial charge in [-0.3, -0.25) is 5.10 Å². The maximum absolute atomic E-state index is 8.31. The largest absolute Gasteiger partial charge is 0.390 e. The lowest BCUT2D eigenvalue weighted by Gasteiger charge is -1.76. The molecule has 1 radical (unpaired) electrons. The number of nitrogens with one attached hydrogen (secondary N) is 1. The minimum Gasteiger partial charge on any atom is -0.390 e. The summed E-state index contributed by atoms with van der Waals surface area (Å²) in [5.41, 5.74) is 0.556. The van der Waals surface area contributed by atoms with Crippen molar-refractivity contribution in [2.24, 2.45) is 0 Å². The molecular formula is C4H5N2O. The van der Waals surface area contributed by atoms with Crippen molar-refractivity contribution in [3.8, 4) is 0 Å². The SMILES string of the molecule is OCc1[c]c[nH]n1. The monoisotopic (exact) mass is 97.0 g/mol. The Morgan fingerprint density at radius 2 is 2.86 bits per heavy atom. The first kappa shape index (κ1) is 4.33. The van der Waals surface area contributed by atoms with E-state index in [1.54, 1.807) is 6.20 Å². The van der Waals surface area contributed by atoms with Crippen LogP contribution in [0.25, 0.3) is 0 Å². The van der Waals surface area contributed by atoms with Crippen molar-refractivity contribution in [1.29, 1.82) is 0 Å². The van der Waals surface area contributed by atoms with Crippen LogP contribution in [0.4, 0.5) is 0 Å². The van der Waals surface area contributed by atoms with Crippen molar-refractivity contribution in [3.63, 3.8) is 0 Å². The van der Waals surface area contributed by atoms with Gasteiger partial charge in [0, 0.05) is 12.3 Å². The summed E-state index contributed by atoms with van der Waals surface area (Å²) < 4.78 is 0. The average Bonchev–Trinajstić information content (AvgIpc) is 2.14. The number of aliphatic hydroxyl groups is 1. The lowest BCUT2D eigenvalue weighted by Crippen LogP contribution is -1.80. The summed E-state index contributed by atoms with van der Waals surface area (Å²) >= 11 is 0. The highest BCUT2D eigenvalue weighted by Gasteiger charge is 1.85. The Bertz CT molecular complexity index is 124. The molecule has 0 aromatic carbocycles. The molecule has 0 unspecified atom stereocenters. The second kappa shape index (κ2) is 1.75. The first-order chi connectivity index (χ1) is 3.43. The zero-order chi connectivity index (χ0) is 5.11. The number of rotatable bonds is 1. The molecule has 0 atom stereocenters. The first-order valence-electron chi connectivity index (χ1n) is 1.94. The van der Waals surface area contributed by atoms with Gasteiger partial charge >= 0.3 is 0 Å². The van der Waals surface area contributed by atoms with Crippen LogP contribution in [0.1, 0.15) is 5.69 Å². The van der Waals surface area contributed by atoms with Gasteiger partial charge in [-0.05, 0) is 0 Å². The molecule has 2 N–H and O–H groups in total. The molecule has 1 aromatic heterocycles. The van der Waals surface area contributed by atoms with E-state index in [-0.39, 0.29) is 6.61 Å². The van der Waals surface area contributed by atoms with E-state index in [9.17, 15) is 0 Å². The third kappa shape index (κ3) is 0.778. The van der Waals surface area contributed by atoms with Crippen LogP contribution in [-0.4, -0.2) is 15.3 Å². The van der Waals surface area contributed by atoms with E-state index in [1.165, 1.54) is 0 Å². The highest BCUT2D eigenvalue weighted by molar-refractivity contribution is 4.91. The van der Waals surface area contributed by atoms with Gasteiger partial charge in [-0.2, -0.15) is 5.10 Å². The van der Waals surface area contributed by atoms with Gasteiger partial charge in [0.05, 0.1) is 12.3 Å². The number of aliphatic hydroxyl groups excluding tert-OH is 1. The van der Waals surface area contributed by atoms with Crippen LogP contribution in [0.5, 0.6) is 0 Å². The molecule has 0 saturated carbocycles. The van der Waals surface area contributed by atoms with Crippen molar-refractivity contribution >= 4 is 0 Å². The van der Waals surface area contributed by atoms with E-state index in [1.807, 2.05) is 0 Å². The summed E-state index contributed by atoms with van der Waals surface area (Å²) in [5.74, 6) is 0. The molecule has 1 heterocycles. The molecule has 0 spiro atoms. The molecule has 0 bridgehead atoms. The van der Waals surface area contributed by atoms with Crippen LogP contribution in [0.15, 0.2) is 6.20 Å². The third-order valence-electron chi connectivity index (χ3n) is 0.653. The minimum atomic E-state index is -0.0382. The number of nitrogens with zero attached hydrogens (tertiary/aromatic N) is 1. The molecule has 0 amide bonds. The van der Waals surface area contributed by atoms with Crippen molar-refractivity contribution in [1.82, 2.24) is 10.2 Å². The van der Waals surface area contributed by atoms with Crippen molar-refractivity contribution < 1.29 is 5.11 Å². The van der Waals surface area contributed by atoms with E-state index >= 15 is 0 Å². The minimum absolute atomic E-state index is 0.0382. The summed E-state index contributed by atoms with van der Waals surface area (Å²) in [4.78, 5) is 0. The lowest BCUT2D eigenvalue weighted by molar-refractivity contribution is 0.276. The van der Waals surface area contributed by atoms with Gasteiger partial charge in [0.15, 0.2) is 0 Å². The maximum atomic E-state index is 8.31. The number of hydrogen-bond donors (Lipinski definition) is 2. The van der Waals surface area contributed by atoms with Gasteiger partial charge < -0.3 is 5.11 Å². The van der Waals surface area contributed by atoms with Gasteiger partial charge in [-0.15, -0.1) is 0 Å². The molecule has 3 nitrogen and oxygen atoms in total. The Balaban J connectivity index is 2.76. The van der Waals surface area contributed by atoms with Gasteiger partial charge in [0.25, 0.3) is 0 Å². The van der Waals surface area contributed by atoms with Gasteiger partial charge in [-0.25, -0.2) is 0 Å². The molecule has 0 saturated heterocycles. The van der Waals surface area contributed by atoms with Gasteiger partial charge in [0.1, 0.15) is 0 Å². The highest BCUT2D eigenvalue weighted by atomic mass is 16.3. The molecule has 0 fully saturated rings. The Morgan fingerprint density at radius 3 is 3.14 bits per heavy atom. The Hall–Kier alpha value is -0.830. The van der Waals surface area contributed by atoms with Gasteiger partial charge in [-0.1, -0.05) is 0 Å². The number of aromatic amines is 1. The maximum Gasteiger partial charge on any atom is 0.0955 e. The van der Waals surface area contributed by atoms with Crippen LogP contribution in [-0.2, 0) is 6.61 Å². The number of aromatic nitrogens is 2. The predicted molar refractivity (Wildman–Crippen MR) is 23.3 cm³/mol. The molecule has 1 aromatic rings. The summed E-state index contributed by atoms with van der Waals surface area (Å²) in [5, 5.41) is 14.4. The Labute approximate surface area is 41.0 Å². The summed E-state index contributed by atoms with van der Waals surface area (Å²) in [7, 11) is 0. The van der Waals surface area contributed by atoms with Crippen molar-refractivity contribution in [2.75, 3.05) is 0 Å². The highest BCUT2D eigenvalue weighted by Crippen LogP contribution is 1.85. The molecule has 0 aliphatic rings. The van der Waals surface area contributed by atoms with Crippen LogP contribution in [0, 0.1) is 6.07 Å². The third-order valence-corrected chi connectivity index (χ3v) is 0.653. The van der Waals surface area contributed by atoms with Crippen LogP contribution >= 0.6 is 0 Å². The standard InChI is InChI=1S/C4H5N2O/c7-3-4-1-2-5-6-4/h2,7H,3H2,(H,5,6). The van der Waals surface area contributed by atoms with E-state index < -0.39 is 0 Å². The van der Waals surface area contributed by atoms with E-state index in [0.717, 1.165) is 0 Å². The number of H-pyrrole nitrogens is 1. The zero-order valence-electron chi connectivity index (χ0n) is 3.68. The van der Waals surface area contributed by atoms with Crippen LogP contribution in [0.2, 0.25) is 0 Å². The molecule has 1 rings (SSSR count). The molecule has 0 aliphatic heterocycles. The first-order valence-corrected chi connectivity index (χ1v) is 1.94. The normalized spacial score (nSPS) is 9.29. The second-order valence-electron chi connectivity index (χ2n) is 1.13. The van der Waals surface area contributed by atoms with Crippen LogP contribution < -0.4 is 0 Å². The average molecular weight is 97.1 g/mol. The summed E-state index contributed by atoms with van der Waals surface area (Å²) in [6.45, 7) is -0.0382. The molecule has 37 valence electrons. The van der Waals surface area contributed by atoms with Crippen molar-refractivity contribution in [2.45, 2.75) is 6.61 Å². The number of hydrogen-bond acceptors (Lipinski definition) is 2. The van der Waals surface area contributed by atoms with Crippen molar-refractivity contribution in [3.05, 3.63) is 18.0 Å². The predicted octanol–water partition coefficient (Wildman–Crippen LogP) is -0.298. The van der Waals surface area contributed by atoms with Crippen LogP contribution in [0.3, 0.4) is 0 Å². The fourth-order valence-corrected chi connectivity index (χ4v) is 0.339. The quantitative estimate of drug-likeness (QED) is 0.505. The lowest BCUT2D eigenvalue weighted by atomic mass is 10.5. The van der Waals surface area contributed by atoms with E-state index in [4.69, 9.17) is 5.11 Å². The second-order valence-corrected chi connectivity index (χ2v) is 1.13. The Morgan fingerprint density at radius 1 is 2.00 bits per heavy atom. The summed E-state index contributed by atoms with van der Waals surface area (Å²) in [6, 6.07) is 2.67. The molecular weight excluding hydrogens is 92.1 g/mol. The smallest absolute Gasteiger partial charge is 0.0955 e. The van der Waals surface area contributed by atoms with Gasteiger partial charge in [0.2, 0.25) is 0 Å². The fourth-order valence-electron chi connectivity index (χ4n) is 0.339. The Kier molecular flexibility index (Phi) is 1.08. The van der Waals surface area contributed by atoms with E-state index in [0.29, 0.717) is 5.69 Å². The molecule has 3 heteroatoms. The van der Waals surface area contributed by atoms with E-state index in [2.05, 4.69) is 16.3 Å². The molecule has 0 aliphatic carbocycles. The zero-order valence-corrected chi connectivity index (χ0v) is 3.68.